The van der Waals surface area contributed by atoms with Gasteiger partial charge in [0.05, 0.1) is 25.3 Å². The van der Waals surface area contributed by atoms with Gasteiger partial charge in [0.2, 0.25) is 0 Å². The zero-order valence-corrected chi connectivity index (χ0v) is 10.5. The van der Waals surface area contributed by atoms with E-state index in [9.17, 15) is 0 Å². The number of hydrogen-bond donors (Lipinski definition) is 1. The fourth-order valence-corrected chi connectivity index (χ4v) is 1.75. The lowest BCUT2D eigenvalue weighted by molar-refractivity contribution is 0.0971. The number of pyridine rings is 1. The average molecular weight is 246 g/mol. The van der Waals surface area contributed by atoms with Gasteiger partial charge in [0, 0.05) is 19.0 Å². The largest absolute Gasteiger partial charge is 0.394 e. The van der Waals surface area contributed by atoms with Crippen LogP contribution in [0.2, 0.25) is 0 Å². The number of ether oxygens (including phenoxy) is 1. The maximum Gasteiger partial charge on any atom is 0.129 e. The van der Waals surface area contributed by atoms with Crippen molar-refractivity contribution in [3.63, 3.8) is 0 Å². The lowest BCUT2D eigenvalue weighted by Gasteiger charge is -2.18. The van der Waals surface area contributed by atoms with Crippen molar-refractivity contribution in [2.45, 2.75) is 0 Å². The van der Waals surface area contributed by atoms with E-state index in [1.807, 2.05) is 36.2 Å². The van der Waals surface area contributed by atoms with E-state index in [-0.39, 0.29) is 6.61 Å². The van der Waals surface area contributed by atoms with E-state index in [1.165, 1.54) is 0 Å². The molecule has 0 amide bonds. The highest BCUT2D eigenvalue weighted by Crippen LogP contribution is 2.16. The minimum atomic E-state index is 0.0674. The smallest absolute Gasteiger partial charge is 0.129 e. The van der Waals surface area contributed by atoms with Gasteiger partial charge >= 0.3 is 0 Å². The highest BCUT2D eigenvalue weighted by atomic mass is 16.5. The lowest BCUT2D eigenvalue weighted by Crippen LogP contribution is -2.23. The van der Waals surface area contributed by atoms with Crippen LogP contribution in [0.5, 0.6) is 0 Å². The predicted octanol–water partition coefficient (Wildman–Crippen LogP) is 1.68. The van der Waals surface area contributed by atoms with Crippen LogP contribution in [0, 0.1) is 0 Å². The number of aliphatic hydroxyl groups excluding tert-OH is 1. The normalized spacial score (nSPS) is 10.8. The van der Waals surface area contributed by atoms with Crippen molar-refractivity contribution >= 4 is 16.7 Å². The molecule has 18 heavy (non-hydrogen) atoms. The highest BCUT2D eigenvalue weighted by Gasteiger charge is 2.03. The van der Waals surface area contributed by atoms with E-state index in [4.69, 9.17) is 9.84 Å². The van der Waals surface area contributed by atoms with Crippen molar-refractivity contribution in [1.29, 1.82) is 0 Å². The van der Waals surface area contributed by atoms with E-state index in [2.05, 4.69) is 17.1 Å². The van der Waals surface area contributed by atoms with Gasteiger partial charge in [-0.05, 0) is 18.2 Å². The first-order chi connectivity index (χ1) is 8.81. The number of para-hydroxylation sites is 1. The fraction of sp³-hybridized carbons (Fsp3) is 0.357. The molecule has 0 atom stereocenters. The molecule has 0 bridgehead atoms. The van der Waals surface area contributed by atoms with Crippen molar-refractivity contribution in [1.82, 2.24) is 4.98 Å². The van der Waals surface area contributed by atoms with Crippen LogP contribution in [-0.4, -0.2) is 43.5 Å². The molecule has 0 aliphatic heterocycles. The van der Waals surface area contributed by atoms with Crippen LogP contribution < -0.4 is 4.90 Å². The first-order valence-electron chi connectivity index (χ1n) is 6.07. The number of likely N-dealkylation sites (N-methyl/N-ethyl adjacent to an activating group) is 1. The summed E-state index contributed by atoms with van der Waals surface area (Å²) < 4.78 is 5.24. The maximum atomic E-state index is 8.62. The minimum absolute atomic E-state index is 0.0674. The van der Waals surface area contributed by atoms with Gasteiger partial charge in [-0.1, -0.05) is 18.2 Å². The monoisotopic (exact) mass is 246 g/mol. The summed E-state index contributed by atoms with van der Waals surface area (Å²) in [5.41, 5.74) is 0.998. The quantitative estimate of drug-likeness (QED) is 0.788. The third-order valence-corrected chi connectivity index (χ3v) is 2.78. The molecule has 0 spiro atoms. The molecule has 4 heteroatoms. The number of nitrogens with zero attached hydrogens (tertiary/aromatic N) is 2. The van der Waals surface area contributed by atoms with Gasteiger partial charge in [0.15, 0.2) is 0 Å². The van der Waals surface area contributed by atoms with Gasteiger partial charge in [-0.3, -0.25) is 0 Å². The van der Waals surface area contributed by atoms with Crippen molar-refractivity contribution in [3.8, 4) is 0 Å². The van der Waals surface area contributed by atoms with E-state index < -0.39 is 0 Å². The van der Waals surface area contributed by atoms with Crippen LogP contribution >= 0.6 is 0 Å². The molecule has 0 radical (unpaired) electrons. The molecule has 1 aromatic heterocycles. The number of aliphatic hydroxyl groups is 1. The van der Waals surface area contributed by atoms with Crippen LogP contribution in [0.3, 0.4) is 0 Å². The van der Waals surface area contributed by atoms with Gasteiger partial charge in [-0.25, -0.2) is 4.98 Å². The molecule has 1 aromatic carbocycles. The molecule has 0 saturated carbocycles. The Morgan fingerprint density at radius 3 is 2.83 bits per heavy atom. The second-order valence-electron chi connectivity index (χ2n) is 4.12. The number of aromatic nitrogens is 1. The molecule has 4 nitrogen and oxygen atoms in total. The van der Waals surface area contributed by atoms with Gasteiger partial charge in [0.25, 0.3) is 0 Å². The second kappa shape index (κ2) is 6.33. The number of rotatable bonds is 6. The third-order valence-electron chi connectivity index (χ3n) is 2.78. The van der Waals surface area contributed by atoms with Crippen LogP contribution in [0.4, 0.5) is 5.82 Å². The first kappa shape index (κ1) is 12.8. The van der Waals surface area contributed by atoms with Crippen molar-refractivity contribution in [3.05, 3.63) is 36.4 Å². The van der Waals surface area contributed by atoms with Gasteiger partial charge in [0.1, 0.15) is 5.82 Å². The summed E-state index contributed by atoms with van der Waals surface area (Å²) in [6, 6.07) is 12.1. The van der Waals surface area contributed by atoms with Crippen molar-refractivity contribution < 1.29 is 9.84 Å². The molecular formula is C14H18N2O2. The Labute approximate surface area is 107 Å². The van der Waals surface area contributed by atoms with E-state index >= 15 is 0 Å². The van der Waals surface area contributed by atoms with Crippen molar-refractivity contribution in [2.24, 2.45) is 0 Å². The number of hydrogen-bond acceptors (Lipinski definition) is 4. The standard InChI is InChI=1S/C14H18N2O2/c1-16(8-10-18-11-9-17)14-7-6-12-4-2-3-5-13(12)15-14/h2-7,17H,8-11H2,1H3. The van der Waals surface area contributed by atoms with Crippen LogP contribution in [0.1, 0.15) is 0 Å². The third kappa shape index (κ3) is 3.18. The Morgan fingerprint density at radius 1 is 1.17 bits per heavy atom. The average Bonchev–Trinajstić information content (AvgIpc) is 2.43. The molecule has 1 heterocycles. The summed E-state index contributed by atoms with van der Waals surface area (Å²) in [5.74, 6) is 0.932. The molecular weight excluding hydrogens is 228 g/mol. The second-order valence-corrected chi connectivity index (χ2v) is 4.12. The molecule has 0 saturated heterocycles. The summed E-state index contributed by atoms with van der Waals surface area (Å²) in [6.07, 6.45) is 0. The van der Waals surface area contributed by atoms with Crippen LogP contribution in [0.15, 0.2) is 36.4 Å². The zero-order chi connectivity index (χ0) is 12.8. The molecule has 1 N–H and O–H groups in total. The van der Waals surface area contributed by atoms with Crippen LogP contribution in [0.25, 0.3) is 10.9 Å². The van der Waals surface area contributed by atoms with E-state index in [0.29, 0.717) is 13.2 Å². The van der Waals surface area contributed by atoms with Gasteiger partial charge in [-0.15, -0.1) is 0 Å². The SMILES string of the molecule is CN(CCOCCO)c1ccc2ccccc2n1. The molecule has 96 valence electrons. The molecule has 0 aliphatic carbocycles. The van der Waals surface area contributed by atoms with Gasteiger partial charge in [-0.2, -0.15) is 0 Å². The fourth-order valence-electron chi connectivity index (χ4n) is 1.75. The first-order valence-corrected chi connectivity index (χ1v) is 6.07. The summed E-state index contributed by atoms with van der Waals surface area (Å²) >= 11 is 0. The minimum Gasteiger partial charge on any atom is -0.394 e. The lowest BCUT2D eigenvalue weighted by atomic mass is 10.2. The number of benzene rings is 1. The van der Waals surface area contributed by atoms with Gasteiger partial charge < -0.3 is 14.7 Å². The maximum absolute atomic E-state index is 8.62. The summed E-state index contributed by atoms with van der Waals surface area (Å²) in [4.78, 5) is 6.64. The summed E-state index contributed by atoms with van der Waals surface area (Å²) in [7, 11) is 1.99. The van der Waals surface area contributed by atoms with Crippen molar-refractivity contribution in [2.75, 3.05) is 38.3 Å². The molecule has 0 aliphatic rings. The molecule has 0 unspecified atom stereocenters. The summed E-state index contributed by atoms with van der Waals surface area (Å²) in [6.45, 7) is 1.80. The van der Waals surface area contributed by atoms with E-state index in [1.54, 1.807) is 0 Å². The zero-order valence-electron chi connectivity index (χ0n) is 10.5. The topological polar surface area (TPSA) is 45.6 Å². The predicted molar refractivity (Wildman–Crippen MR) is 72.9 cm³/mol. The Bertz CT molecular complexity index is 502. The highest BCUT2D eigenvalue weighted by molar-refractivity contribution is 5.80. The Morgan fingerprint density at radius 2 is 2.00 bits per heavy atom. The number of fused-ring (bicyclic) bond motifs is 1. The molecule has 2 rings (SSSR count). The Balaban J connectivity index is 2.01. The Hall–Kier alpha value is -1.65. The summed E-state index contributed by atoms with van der Waals surface area (Å²) in [5, 5.41) is 9.76. The molecule has 0 fully saturated rings. The van der Waals surface area contributed by atoms with E-state index in [0.717, 1.165) is 23.3 Å². The molecule has 2 aromatic rings. The number of anilines is 1. The Kier molecular flexibility index (Phi) is 4.50. The van der Waals surface area contributed by atoms with Crippen LogP contribution in [-0.2, 0) is 4.74 Å².